The maximum atomic E-state index is 12.7. The van der Waals surface area contributed by atoms with E-state index in [0.29, 0.717) is 30.7 Å². The van der Waals surface area contributed by atoms with Crippen LogP contribution >= 0.6 is 15.9 Å². The van der Waals surface area contributed by atoms with Crippen LogP contribution in [-0.4, -0.2) is 46.1 Å². The Kier molecular flexibility index (Phi) is 7.19. The lowest BCUT2D eigenvalue weighted by molar-refractivity contribution is 0.197. The van der Waals surface area contributed by atoms with Crippen molar-refractivity contribution in [2.45, 2.75) is 13.3 Å². The normalized spacial score (nSPS) is 17.0. The summed E-state index contributed by atoms with van der Waals surface area (Å²) in [5, 5.41) is 2.79. The lowest BCUT2D eigenvalue weighted by Crippen LogP contribution is -2.42. The number of carbonyl (C=O) groups is 1. The van der Waals surface area contributed by atoms with E-state index in [1.54, 1.807) is 11.1 Å². The van der Waals surface area contributed by atoms with Crippen LogP contribution in [-0.2, 0) is 0 Å². The minimum atomic E-state index is -0.194. The number of nitrogens with one attached hydrogen (secondary N) is 1. The smallest absolute Gasteiger partial charge is 0.323 e. The van der Waals surface area contributed by atoms with Gasteiger partial charge in [0.15, 0.2) is 5.82 Å². The summed E-state index contributed by atoms with van der Waals surface area (Å²) >= 11 is 3.37. The number of amides is 2. The van der Waals surface area contributed by atoms with Crippen LogP contribution in [0, 0.1) is 5.92 Å². The van der Waals surface area contributed by atoms with Crippen molar-refractivity contribution in [2.75, 3.05) is 25.5 Å². The zero-order valence-corrected chi connectivity index (χ0v) is 19.9. The molecular formula is C24H24BrN5O3. The number of aromatic nitrogens is 3. The topological polar surface area (TPSA) is 89.5 Å². The van der Waals surface area contributed by atoms with Crippen molar-refractivity contribution in [1.82, 2.24) is 19.9 Å². The van der Waals surface area contributed by atoms with Gasteiger partial charge in [-0.1, -0.05) is 30.7 Å². The fraction of sp³-hybridized carbons (Fsp3) is 0.250. The van der Waals surface area contributed by atoms with Gasteiger partial charge in [0.25, 0.3) is 0 Å². The second-order valence-electron chi connectivity index (χ2n) is 7.68. The van der Waals surface area contributed by atoms with Gasteiger partial charge in [-0.3, -0.25) is 10.3 Å². The molecule has 1 aliphatic heterocycles. The monoisotopic (exact) mass is 509 g/mol. The predicted octanol–water partition coefficient (Wildman–Crippen LogP) is 5.39. The van der Waals surface area contributed by atoms with Crippen LogP contribution in [0.1, 0.15) is 18.9 Å². The van der Waals surface area contributed by atoms with Gasteiger partial charge < -0.3 is 14.4 Å². The minimum Gasteiger partial charge on any atom is -0.480 e. The van der Waals surface area contributed by atoms with E-state index < -0.39 is 0 Å². The standard InChI is InChI=1S/C24H24BrN5O3/c1-16-15-30(24(31)29-21-13-26-14-23(28-21)32-2)9-8-18(16)10-17-4-3-5-20(11-17)33-22-7-6-19(25)12-27-22/h3-7,10-14,16H,8-9,15H2,1-2H3,(H,28,29,31)/b18-10+. The van der Waals surface area contributed by atoms with Gasteiger partial charge in [0, 0.05) is 29.8 Å². The molecule has 0 radical (unpaired) electrons. The average molecular weight is 510 g/mol. The number of carbonyl (C=O) groups excluding carboxylic acids is 1. The number of hydrogen-bond acceptors (Lipinski definition) is 6. The SMILES string of the molecule is COc1cncc(NC(=O)N2CC/C(=C\c3cccc(Oc4ccc(Br)cn4)c3)C(C)C2)n1. The molecule has 0 saturated carbocycles. The summed E-state index contributed by atoms with van der Waals surface area (Å²) in [5.41, 5.74) is 2.34. The number of nitrogens with zero attached hydrogens (tertiary/aromatic N) is 4. The lowest BCUT2D eigenvalue weighted by Gasteiger charge is -2.33. The van der Waals surface area contributed by atoms with E-state index in [9.17, 15) is 4.79 Å². The molecule has 1 atom stereocenters. The van der Waals surface area contributed by atoms with Crippen LogP contribution < -0.4 is 14.8 Å². The molecule has 3 heterocycles. The molecule has 2 amide bonds. The van der Waals surface area contributed by atoms with Crippen LogP contribution in [0.2, 0.25) is 0 Å². The highest BCUT2D eigenvalue weighted by molar-refractivity contribution is 9.10. The van der Waals surface area contributed by atoms with E-state index in [1.807, 2.05) is 36.4 Å². The molecular weight excluding hydrogens is 486 g/mol. The Morgan fingerprint density at radius 2 is 2.09 bits per heavy atom. The highest BCUT2D eigenvalue weighted by Gasteiger charge is 2.24. The number of anilines is 1. The van der Waals surface area contributed by atoms with Crippen molar-refractivity contribution >= 4 is 33.9 Å². The van der Waals surface area contributed by atoms with Crippen molar-refractivity contribution in [3.63, 3.8) is 0 Å². The number of rotatable bonds is 5. The molecule has 2 aromatic heterocycles. The highest BCUT2D eigenvalue weighted by Crippen LogP contribution is 2.28. The van der Waals surface area contributed by atoms with Crippen molar-refractivity contribution in [2.24, 2.45) is 5.92 Å². The van der Waals surface area contributed by atoms with Gasteiger partial charge in [-0.25, -0.2) is 9.78 Å². The molecule has 0 aliphatic carbocycles. The summed E-state index contributed by atoms with van der Waals surface area (Å²) in [6.45, 7) is 3.37. The van der Waals surface area contributed by atoms with Gasteiger partial charge in [-0.05, 0) is 52.0 Å². The Bertz CT molecular complexity index is 1150. The average Bonchev–Trinajstić information content (AvgIpc) is 2.82. The third-order valence-corrected chi connectivity index (χ3v) is 5.74. The highest BCUT2D eigenvalue weighted by atomic mass is 79.9. The molecule has 1 aromatic carbocycles. The summed E-state index contributed by atoms with van der Waals surface area (Å²) in [7, 11) is 1.51. The molecule has 1 saturated heterocycles. The number of benzene rings is 1. The van der Waals surface area contributed by atoms with Gasteiger partial charge in [0.2, 0.25) is 11.8 Å². The predicted molar refractivity (Wildman–Crippen MR) is 129 cm³/mol. The molecule has 1 N–H and O–H groups in total. The molecule has 9 heteroatoms. The molecule has 0 bridgehead atoms. The van der Waals surface area contributed by atoms with E-state index in [0.717, 1.165) is 22.2 Å². The second kappa shape index (κ2) is 10.4. The number of likely N-dealkylation sites (tertiary alicyclic amines) is 1. The number of piperidine rings is 1. The lowest BCUT2D eigenvalue weighted by atomic mass is 9.91. The van der Waals surface area contributed by atoms with Gasteiger partial charge in [-0.15, -0.1) is 0 Å². The van der Waals surface area contributed by atoms with Crippen LogP contribution in [0.4, 0.5) is 10.6 Å². The van der Waals surface area contributed by atoms with E-state index in [1.165, 1.54) is 25.1 Å². The first kappa shape index (κ1) is 22.7. The first-order chi connectivity index (χ1) is 16.0. The molecule has 1 unspecified atom stereocenters. The summed E-state index contributed by atoms with van der Waals surface area (Å²) < 4.78 is 11.8. The van der Waals surface area contributed by atoms with E-state index >= 15 is 0 Å². The van der Waals surface area contributed by atoms with Crippen LogP contribution in [0.5, 0.6) is 17.5 Å². The summed E-state index contributed by atoms with van der Waals surface area (Å²) in [5.74, 6) is 2.20. The maximum Gasteiger partial charge on any atom is 0.323 e. The zero-order valence-electron chi connectivity index (χ0n) is 18.4. The molecule has 1 aliphatic rings. The largest absolute Gasteiger partial charge is 0.480 e. The van der Waals surface area contributed by atoms with Crippen molar-refractivity contribution in [1.29, 1.82) is 0 Å². The molecule has 170 valence electrons. The second-order valence-corrected chi connectivity index (χ2v) is 8.60. The number of urea groups is 1. The first-order valence-electron chi connectivity index (χ1n) is 10.5. The van der Waals surface area contributed by atoms with Gasteiger partial charge in [0.1, 0.15) is 5.75 Å². The Hall–Kier alpha value is -3.46. The Balaban J connectivity index is 1.38. The first-order valence-corrected chi connectivity index (χ1v) is 11.3. The number of ether oxygens (including phenoxy) is 2. The van der Waals surface area contributed by atoms with Crippen LogP contribution in [0.25, 0.3) is 6.08 Å². The summed E-state index contributed by atoms with van der Waals surface area (Å²) in [4.78, 5) is 26.9. The molecule has 0 spiro atoms. The van der Waals surface area contributed by atoms with Gasteiger partial charge >= 0.3 is 6.03 Å². The fourth-order valence-corrected chi connectivity index (χ4v) is 3.80. The van der Waals surface area contributed by atoms with Crippen LogP contribution in [0.15, 0.2) is 65.0 Å². The van der Waals surface area contributed by atoms with Crippen molar-refractivity contribution in [3.05, 3.63) is 70.6 Å². The van der Waals surface area contributed by atoms with Gasteiger partial charge in [0.05, 0.1) is 19.5 Å². The quantitative estimate of drug-likeness (QED) is 0.495. The van der Waals surface area contributed by atoms with Gasteiger partial charge in [-0.2, -0.15) is 4.98 Å². The fourth-order valence-electron chi connectivity index (χ4n) is 3.57. The molecule has 33 heavy (non-hydrogen) atoms. The molecule has 3 aromatic rings. The number of methoxy groups -OCH3 is 1. The van der Waals surface area contributed by atoms with Crippen molar-refractivity contribution < 1.29 is 14.3 Å². The third-order valence-electron chi connectivity index (χ3n) is 5.27. The Morgan fingerprint density at radius 3 is 2.85 bits per heavy atom. The molecule has 4 rings (SSSR count). The third kappa shape index (κ3) is 6.07. The minimum absolute atomic E-state index is 0.194. The van der Waals surface area contributed by atoms with Crippen molar-refractivity contribution in [3.8, 4) is 17.5 Å². The maximum absolute atomic E-state index is 12.7. The summed E-state index contributed by atoms with van der Waals surface area (Å²) in [6.07, 6.45) is 7.66. The Labute approximate surface area is 200 Å². The number of pyridine rings is 1. The molecule has 1 fully saturated rings. The number of hydrogen-bond donors (Lipinski definition) is 1. The van der Waals surface area contributed by atoms with E-state index in [4.69, 9.17) is 9.47 Å². The summed E-state index contributed by atoms with van der Waals surface area (Å²) in [6, 6.07) is 11.4. The number of halogens is 1. The van der Waals surface area contributed by atoms with E-state index in [2.05, 4.69) is 49.2 Å². The Morgan fingerprint density at radius 1 is 1.21 bits per heavy atom. The zero-order chi connectivity index (χ0) is 23.2. The van der Waals surface area contributed by atoms with E-state index in [-0.39, 0.29) is 11.9 Å². The van der Waals surface area contributed by atoms with Crippen LogP contribution in [0.3, 0.4) is 0 Å². The molecule has 8 nitrogen and oxygen atoms in total.